The van der Waals surface area contributed by atoms with Gasteiger partial charge in [-0.3, -0.25) is 4.79 Å². The molecule has 0 aliphatic rings. The van der Waals surface area contributed by atoms with Gasteiger partial charge in [-0.2, -0.15) is 5.10 Å². The molecule has 5 aromatic rings. The van der Waals surface area contributed by atoms with Crippen molar-refractivity contribution in [3.05, 3.63) is 115 Å². The van der Waals surface area contributed by atoms with Crippen molar-refractivity contribution in [2.45, 2.75) is 0 Å². The summed E-state index contributed by atoms with van der Waals surface area (Å²) in [5, 5.41) is 8.75. The highest BCUT2D eigenvalue weighted by molar-refractivity contribution is 6.13. The summed E-state index contributed by atoms with van der Waals surface area (Å²) in [7, 11) is 0. The lowest BCUT2D eigenvalue weighted by Crippen LogP contribution is -2.17. The van der Waals surface area contributed by atoms with Crippen LogP contribution < -0.4 is 5.43 Å². The number of hydrazone groups is 1. The Morgan fingerprint density at radius 3 is 2.00 bits per heavy atom. The van der Waals surface area contributed by atoms with Crippen LogP contribution in [0.5, 0.6) is 0 Å². The fourth-order valence-corrected chi connectivity index (χ4v) is 3.70. The first kappa shape index (κ1) is 17.9. The maximum atomic E-state index is 12.5. The van der Waals surface area contributed by atoms with E-state index in [1.807, 2.05) is 65.5 Å². The molecule has 1 aromatic heterocycles. The van der Waals surface area contributed by atoms with Gasteiger partial charge in [-0.25, -0.2) is 5.43 Å². The second-order valence-corrected chi connectivity index (χ2v) is 7.07. The van der Waals surface area contributed by atoms with Gasteiger partial charge in [0.05, 0.1) is 6.21 Å². The largest absolute Gasteiger partial charge is 0.324 e. The predicted octanol–water partition coefficient (Wildman–Crippen LogP) is 5.55. The van der Waals surface area contributed by atoms with E-state index in [9.17, 15) is 4.79 Å². The Kier molecular flexibility index (Phi) is 4.58. The normalized spacial score (nSPS) is 11.3. The highest BCUT2D eigenvalue weighted by Gasteiger charge is 2.07. The summed E-state index contributed by atoms with van der Waals surface area (Å²) in [6.45, 7) is 0. The number of hydrogen-bond donors (Lipinski definition) is 1. The fourth-order valence-electron chi connectivity index (χ4n) is 3.70. The zero-order valence-electron chi connectivity index (χ0n) is 16.2. The Labute approximate surface area is 174 Å². The Morgan fingerprint density at radius 2 is 1.37 bits per heavy atom. The Bertz CT molecular complexity index is 1310. The number of carbonyl (C=O) groups excluding carboxylic acids is 1. The van der Waals surface area contributed by atoms with Gasteiger partial charge in [-0.15, -0.1) is 0 Å². The number of carbonyl (C=O) groups is 1. The van der Waals surface area contributed by atoms with Crippen LogP contribution in [0.25, 0.3) is 27.2 Å². The van der Waals surface area contributed by atoms with Gasteiger partial charge in [-0.05, 0) is 64.0 Å². The first-order valence-electron chi connectivity index (χ1n) is 9.77. The summed E-state index contributed by atoms with van der Waals surface area (Å²) in [5.74, 6) is -0.241. The molecule has 1 amide bonds. The molecule has 0 unspecified atom stereocenters. The van der Waals surface area contributed by atoms with Gasteiger partial charge in [0.1, 0.15) is 0 Å². The van der Waals surface area contributed by atoms with E-state index >= 15 is 0 Å². The van der Waals surface area contributed by atoms with Crippen molar-refractivity contribution >= 4 is 33.7 Å². The summed E-state index contributed by atoms with van der Waals surface area (Å²) >= 11 is 0. The molecular weight excluding hydrogens is 370 g/mol. The molecule has 4 aromatic carbocycles. The van der Waals surface area contributed by atoms with Crippen LogP contribution in [-0.4, -0.2) is 16.7 Å². The molecule has 1 heterocycles. The first-order valence-corrected chi connectivity index (χ1v) is 9.77. The van der Waals surface area contributed by atoms with Crippen molar-refractivity contribution in [1.29, 1.82) is 0 Å². The monoisotopic (exact) mass is 389 g/mol. The molecule has 4 nitrogen and oxygen atoms in total. The number of benzene rings is 4. The molecule has 0 saturated carbocycles. The molecule has 0 radical (unpaired) electrons. The topological polar surface area (TPSA) is 46.4 Å². The van der Waals surface area contributed by atoms with Crippen molar-refractivity contribution in [2.24, 2.45) is 5.10 Å². The van der Waals surface area contributed by atoms with Crippen molar-refractivity contribution < 1.29 is 4.79 Å². The number of aromatic nitrogens is 1. The minimum Gasteiger partial charge on any atom is -0.324 e. The second kappa shape index (κ2) is 7.68. The second-order valence-electron chi connectivity index (χ2n) is 7.07. The summed E-state index contributed by atoms with van der Waals surface area (Å²) in [4.78, 5) is 12.5. The molecule has 0 atom stereocenters. The lowest BCUT2D eigenvalue weighted by atomic mass is 9.97. The first-order chi connectivity index (χ1) is 14.8. The third-order valence-electron chi connectivity index (χ3n) is 5.20. The van der Waals surface area contributed by atoms with E-state index in [0.717, 1.165) is 32.8 Å². The van der Waals surface area contributed by atoms with E-state index in [4.69, 9.17) is 0 Å². The van der Waals surface area contributed by atoms with Crippen LogP contribution in [0.2, 0.25) is 0 Å². The molecule has 0 spiro atoms. The van der Waals surface area contributed by atoms with Crippen LogP contribution in [-0.2, 0) is 0 Å². The van der Waals surface area contributed by atoms with Crippen LogP contribution in [0.4, 0.5) is 0 Å². The third-order valence-corrected chi connectivity index (χ3v) is 5.20. The Balaban J connectivity index is 1.41. The lowest BCUT2D eigenvalue weighted by molar-refractivity contribution is 0.0955. The average molecular weight is 389 g/mol. The van der Waals surface area contributed by atoms with Crippen molar-refractivity contribution in [1.82, 2.24) is 9.99 Å². The number of hydrogen-bond acceptors (Lipinski definition) is 2. The summed E-state index contributed by atoms with van der Waals surface area (Å²) in [6, 6.07) is 29.9. The Hall–Kier alpha value is -4.18. The average Bonchev–Trinajstić information content (AvgIpc) is 3.33. The van der Waals surface area contributed by atoms with Crippen molar-refractivity contribution in [3.8, 4) is 5.69 Å². The summed E-state index contributed by atoms with van der Waals surface area (Å²) in [5.41, 5.74) is 5.21. The van der Waals surface area contributed by atoms with E-state index in [1.165, 1.54) is 0 Å². The standard InChI is InChI=1S/C26H19N3O/c30-26(19-11-13-22(14-12-19)29-15-5-6-16-29)28-27-18-25-23-9-3-1-7-20(23)17-21-8-2-4-10-24(21)25/h1-18H,(H,28,30)/b27-18+. The van der Waals surface area contributed by atoms with Gasteiger partial charge in [0, 0.05) is 29.2 Å². The minimum atomic E-state index is -0.241. The Morgan fingerprint density at radius 1 is 0.767 bits per heavy atom. The molecule has 0 saturated heterocycles. The van der Waals surface area contributed by atoms with Crippen LogP contribution >= 0.6 is 0 Å². The van der Waals surface area contributed by atoms with Gasteiger partial charge in [0.2, 0.25) is 0 Å². The number of fused-ring (bicyclic) bond motifs is 2. The molecule has 144 valence electrons. The number of nitrogens with one attached hydrogen (secondary N) is 1. The number of rotatable bonds is 4. The zero-order valence-corrected chi connectivity index (χ0v) is 16.2. The molecule has 1 N–H and O–H groups in total. The van der Waals surface area contributed by atoms with E-state index < -0.39 is 0 Å². The molecule has 4 heteroatoms. The molecule has 0 aliphatic carbocycles. The maximum absolute atomic E-state index is 12.5. The number of amides is 1. The predicted molar refractivity (Wildman–Crippen MR) is 122 cm³/mol. The highest BCUT2D eigenvalue weighted by Crippen LogP contribution is 2.27. The van der Waals surface area contributed by atoms with Crippen LogP contribution in [0.3, 0.4) is 0 Å². The smallest absolute Gasteiger partial charge is 0.271 e. The summed E-state index contributed by atoms with van der Waals surface area (Å²) < 4.78 is 1.99. The molecule has 0 bridgehead atoms. The summed E-state index contributed by atoms with van der Waals surface area (Å²) in [6.07, 6.45) is 5.67. The van der Waals surface area contributed by atoms with Crippen LogP contribution in [0.15, 0.2) is 108 Å². The SMILES string of the molecule is O=C(N/N=C/c1c2ccccc2cc2ccccc12)c1ccc(-n2cccc2)cc1. The maximum Gasteiger partial charge on any atom is 0.271 e. The third kappa shape index (κ3) is 3.35. The zero-order chi connectivity index (χ0) is 20.3. The van der Waals surface area contributed by atoms with E-state index in [0.29, 0.717) is 5.56 Å². The number of nitrogens with zero attached hydrogens (tertiary/aromatic N) is 2. The van der Waals surface area contributed by atoms with E-state index in [-0.39, 0.29) is 5.91 Å². The van der Waals surface area contributed by atoms with Gasteiger partial charge < -0.3 is 4.57 Å². The molecule has 30 heavy (non-hydrogen) atoms. The van der Waals surface area contributed by atoms with Gasteiger partial charge in [0.15, 0.2) is 0 Å². The lowest BCUT2D eigenvalue weighted by Gasteiger charge is -2.08. The van der Waals surface area contributed by atoms with Crippen LogP contribution in [0, 0.1) is 0 Å². The quantitative estimate of drug-likeness (QED) is 0.245. The molecular formula is C26H19N3O. The van der Waals surface area contributed by atoms with Gasteiger partial charge in [-0.1, -0.05) is 48.5 Å². The molecule has 5 rings (SSSR count). The van der Waals surface area contributed by atoms with E-state index in [1.54, 1.807) is 18.3 Å². The van der Waals surface area contributed by atoms with E-state index in [2.05, 4.69) is 40.9 Å². The molecule has 0 fully saturated rings. The fraction of sp³-hybridized carbons (Fsp3) is 0. The van der Waals surface area contributed by atoms with Gasteiger partial charge >= 0.3 is 0 Å². The van der Waals surface area contributed by atoms with Gasteiger partial charge in [0.25, 0.3) is 5.91 Å². The van der Waals surface area contributed by atoms with Crippen molar-refractivity contribution in [3.63, 3.8) is 0 Å². The highest BCUT2D eigenvalue weighted by atomic mass is 16.2. The van der Waals surface area contributed by atoms with Crippen molar-refractivity contribution in [2.75, 3.05) is 0 Å². The minimum absolute atomic E-state index is 0.241. The molecule has 0 aliphatic heterocycles. The van der Waals surface area contributed by atoms with Crippen LogP contribution in [0.1, 0.15) is 15.9 Å².